The molecule has 12 nitrogen and oxygen atoms in total. The summed E-state index contributed by atoms with van der Waals surface area (Å²) in [5.74, 6) is -0.627. The van der Waals surface area contributed by atoms with Gasteiger partial charge in [0.15, 0.2) is 5.82 Å². The van der Waals surface area contributed by atoms with Crippen LogP contribution in [0.1, 0.15) is 39.2 Å². The number of benzene rings is 1. The Labute approximate surface area is 239 Å². The predicted molar refractivity (Wildman–Crippen MR) is 154 cm³/mol. The zero-order valence-corrected chi connectivity index (χ0v) is 23.8. The molecule has 0 aliphatic carbocycles. The maximum absolute atomic E-state index is 13.3. The van der Waals surface area contributed by atoms with E-state index in [9.17, 15) is 19.5 Å². The van der Waals surface area contributed by atoms with Gasteiger partial charge >= 0.3 is 12.1 Å². The second-order valence-corrected chi connectivity index (χ2v) is 9.87. The van der Waals surface area contributed by atoms with Gasteiger partial charge in [0.05, 0.1) is 18.4 Å². The summed E-state index contributed by atoms with van der Waals surface area (Å²) >= 11 is 0. The average Bonchev–Trinajstić information content (AvgIpc) is 3.71. The quantitative estimate of drug-likeness (QED) is 0.392. The molecule has 0 radical (unpaired) electrons. The van der Waals surface area contributed by atoms with Gasteiger partial charge < -0.3 is 34.6 Å². The van der Waals surface area contributed by atoms with Crippen molar-refractivity contribution >= 4 is 35.4 Å². The monoisotopic (exact) mass is 566 g/mol. The first-order valence-electron chi connectivity index (χ1n) is 14.1. The van der Waals surface area contributed by atoms with Crippen LogP contribution in [-0.2, 0) is 20.7 Å². The van der Waals surface area contributed by atoms with Crippen LogP contribution in [0.3, 0.4) is 0 Å². The van der Waals surface area contributed by atoms with Gasteiger partial charge in [-0.25, -0.2) is 14.6 Å². The van der Waals surface area contributed by atoms with Crippen molar-refractivity contribution in [3.63, 3.8) is 0 Å². The highest BCUT2D eigenvalue weighted by molar-refractivity contribution is 5.99. The number of carbonyl (C=O) groups is 3. The molecule has 41 heavy (non-hydrogen) atoms. The minimum absolute atomic E-state index is 0.124. The van der Waals surface area contributed by atoms with Crippen LogP contribution in [0.4, 0.5) is 22.2 Å². The van der Waals surface area contributed by atoms with E-state index in [4.69, 9.17) is 9.47 Å². The van der Waals surface area contributed by atoms with Crippen molar-refractivity contribution in [3.05, 3.63) is 48.4 Å². The maximum atomic E-state index is 13.3. The molecule has 0 bridgehead atoms. The average molecular weight is 567 g/mol. The van der Waals surface area contributed by atoms with Gasteiger partial charge in [-0.3, -0.25) is 4.79 Å². The molecule has 2 aromatic rings. The molecule has 1 aromatic carbocycles. The van der Waals surface area contributed by atoms with E-state index in [0.29, 0.717) is 50.1 Å². The number of hydrogen-bond acceptors (Lipinski definition) is 9. The summed E-state index contributed by atoms with van der Waals surface area (Å²) < 4.78 is 10.7. The Balaban J connectivity index is 1.56. The first-order chi connectivity index (χ1) is 19.8. The third-order valence-corrected chi connectivity index (χ3v) is 7.22. The third kappa shape index (κ3) is 7.24. The number of nitrogens with zero attached hydrogens (tertiary/aromatic N) is 5. The van der Waals surface area contributed by atoms with E-state index in [-0.39, 0.29) is 30.8 Å². The lowest BCUT2D eigenvalue weighted by Crippen LogP contribution is -2.38. The van der Waals surface area contributed by atoms with Crippen LogP contribution in [0.2, 0.25) is 0 Å². The molecule has 2 amide bonds. The highest BCUT2D eigenvalue weighted by Crippen LogP contribution is 2.29. The van der Waals surface area contributed by atoms with E-state index < -0.39 is 17.9 Å². The number of nitrogens with one attached hydrogen (secondary N) is 1. The zero-order chi connectivity index (χ0) is 29.4. The van der Waals surface area contributed by atoms with E-state index in [2.05, 4.69) is 15.3 Å². The Kier molecular flexibility index (Phi) is 9.99. The highest BCUT2D eigenvalue weighted by atomic mass is 16.6. The number of rotatable bonds is 12. The Morgan fingerprint density at radius 3 is 2.41 bits per heavy atom. The number of aliphatic carboxylic acids is 1. The number of ether oxygens (including phenoxy) is 2. The molecule has 1 fully saturated rings. The smallest absolute Gasteiger partial charge is 0.415 e. The minimum Gasteiger partial charge on any atom is -0.500 e. The van der Waals surface area contributed by atoms with E-state index in [1.165, 1.54) is 6.26 Å². The van der Waals surface area contributed by atoms with Gasteiger partial charge in [-0.2, -0.15) is 4.98 Å². The van der Waals surface area contributed by atoms with Crippen molar-refractivity contribution in [2.75, 3.05) is 54.4 Å². The van der Waals surface area contributed by atoms with Gasteiger partial charge in [-0.1, -0.05) is 12.1 Å². The van der Waals surface area contributed by atoms with Crippen molar-refractivity contribution in [1.29, 1.82) is 0 Å². The second-order valence-electron chi connectivity index (χ2n) is 9.87. The molecular formula is C29H38N6O6. The van der Waals surface area contributed by atoms with E-state index in [1.807, 2.05) is 25.7 Å². The fourth-order valence-corrected chi connectivity index (χ4v) is 4.85. The summed E-state index contributed by atoms with van der Waals surface area (Å²) in [7, 11) is 0. The zero-order valence-electron chi connectivity index (χ0n) is 23.8. The topological polar surface area (TPSA) is 137 Å². The molecule has 2 N–H and O–H groups in total. The van der Waals surface area contributed by atoms with Crippen molar-refractivity contribution < 1.29 is 29.0 Å². The van der Waals surface area contributed by atoms with Crippen molar-refractivity contribution in [2.45, 2.75) is 46.1 Å². The number of carboxylic acids is 1. The second kappa shape index (κ2) is 13.8. The fraction of sp³-hybridized carbons (Fsp3) is 0.483. The van der Waals surface area contributed by atoms with E-state index in [1.54, 1.807) is 46.3 Å². The molecule has 1 saturated heterocycles. The van der Waals surface area contributed by atoms with Crippen LogP contribution < -0.4 is 19.9 Å². The first-order valence-corrected chi connectivity index (χ1v) is 14.1. The Bertz CT molecular complexity index is 1240. The SMILES string of the molecule is CCN(CC)c1ncc(N(CC)C(=O)C2C=COC2)c(N[C@@H](Cc2ccc(OC(=O)N3CCCC3)cc2)C(=O)O)n1. The Morgan fingerprint density at radius 2 is 1.83 bits per heavy atom. The number of likely N-dealkylation sites (tertiary alicyclic amines) is 1. The van der Waals surface area contributed by atoms with E-state index in [0.717, 1.165) is 18.4 Å². The molecule has 4 rings (SSSR count). The highest BCUT2D eigenvalue weighted by Gasteiger charge is 2.30. The molecule has 2 aliphatic heterocycles. The Hall–Kier alpha value is -4.35. The molecule has 0 spiro atoms. The minimum atomic E-state index is -1.08. The molecule has 12 heteroatoms. The van der Waals surface area contributed by atoms with Crippen molar-refractivity contribution in [1.82, 2.24) is 14.9 Å². The summed E-state index contributed by atoms with van der Waals surface area (Å²) in [5, 5.41) is 13.2. The van der Waals surface area contributed by atoms with Gasteiger partial charge in [-0.15, -0.1) is 0 Å². The van der Waals surface area contributed by atoms with Gasteiger partial charge in [0.2, 0.25) is 11.9 Å². The van der Waals surface area contributed by atoms with Crippen LogP contribution in [-0.4, -0.2) is 83.3 Å². The molecular weight excluding hydrogens is 528 g/mol. The molecule has 220 valence electrons. The Morgan fingerprint density at radius 1 is 1.12 bits per heavy atom. The summed E-state index contributed by atoms with van der Waals surface area (Å²) in [4.78, 5) is 52.3. The van der Waals surface area contributed by atoms with Crippen molar-refractivity contribution in [2.24, 2.45) is 5.92 Å². The number of amides is 2. The summed E-state index contributed by atoms with van der Waals surface area (Å²) in [6.45, 7) is 9.08. The summed E-state index contributed by atoms with van der Waals surface area (Å²) in [6, 6.07) is 5.73. The number of anilines is 3. The maximum Gasteiger partial charge on any atom is 0.415 e. The number of carboxylic acid groups (broad SMARTS) is 1. The van der Waals surface area contributed by atoms with Crippen LogP contribution >= 0.6 is 0 Å². The van der Waals surface area contributed by atoms with E-state index >= 15 is 0 Å². The number of hydrogen-bond donors (Lipinski definition) is 2. The van der Waals surface area contributed by atoms with Crippen LogP contribution in [0.5, 0.6) is 5.75 Å². The molecule has 0 saturated carbocycles. The largest absolute Gasteiger partial charge is 0.500 e. The third-order valence-electron chi connectivity index (χ3n) is 7.22. The lowest BCUT2D eigenvalue weighted by Gasteiger charge is -2.28. The number of aromatic nitrogens is 2. The molecule has 2 aliphatic rings. The predicted octanol–water partition coefficient (Wildman–Crippen LogP) is 3.54. The molecule has 2 atom stereocenters. The van der Waals surface area contributed by atoms with Gasteiger partial charge in [0, 0.05) is 39.1 Å². The van der Waals surface area contributed by atoms with Gasteiger partial charge in [0.1, 0.15) is 24.1 Å². The number of carbonyl (C=O) groups excluding carboxylic acids is 2. The molecule has 1 unspecified atom stereocenters. The van der Waals surface area contributed by atoms with Gasteiger partial charge in [0.25, 0.3) is 0 Å². The van der Waals surface area contributed by atoms with Gasteiger partial charge in [-0.05, 0) is 57.4 Å². The first kappa shape index (κ1) is 29.6. The summed E-state index contributed by atoms with van der Waals surface area (Å²) in [6.07, 6.45) is 6.46. The normalized spacial score (nSPS) is 16.7. The molecule has 1 aromatic heterocycles. The summed E-state index contributed by atoms with van der Waals surface area (Å²) in [5.41, 5.74) is 1.12. The lowest BCUT2D eigenvalue weighted by atomic mass is 10.1. The van der Waals surface area contributed by atoms with Crippen molar-refractivity contribution in [3.8, 4) is 5.75 Å². The molecule has 3 heterocycles. The standard InChI is InChI=1S/C29H38N6O6/c1-4-33(5-2)28-30-18-24(35(6-3)26(36)21-13-16-40-19-21)25(32-28)31-23(27(37)38)17-20-9-11-22(12-10-20)41-29(39)34-14-7-8-15-34/h9-13,16,18,21,23H,4-8,14-15,17,19H2,1-3H3,(H,37,38)(H,30,31,32)/t21?,23-/m0/s1. The van der Waals surface area contributed by atoms with Crippen LogP contribution in [0.15, 0.2) is 42.8 Å². The fourth-order valence-electron chi connectivity index (χ4n) is 4.85. The van der Waals surface area contributed by atoms with Crippen LogP contribution in [0.25, 0.3) is 0 Å². The lowest BCUT2D eigenvalue weighted by molar-refractivity contribution is -0.137. The van der Waals surface area contributed by atoms with Crippen LogP contribution in [0, 0.1) is 5.92 Å².